The summed E-state index contributed by atoms with van der Waals surface area (Å²) < 4.78 is 41.6. The van der Waals surface area contributed by atoms with Crippen molar-refractivity contribution in [1.82, 2.24) is 9.55 Å². The van der Waals surface area contributed by atoms with Crippen molar-refractivity contribution >= 4 is 5.78 Å². The number of carbonyl (C=O) groups is 1. The molecule has 0 atom stereocenters. The molecule has 0 spiro atoms. The molecule has 2 aromatic rings. The Kier molecular flexibility index (Phi) is 4.92. The first-order chi connectivity index (χ1) is 10.7. The normalized spacial score (nSPS) is 12.0. The average molecular weight is 324 g/mol. The van der Waals surface area contributed by atoms with Crippen LogP contribution in [-0.2, 0) is 23.9 Å². The van der Waals surface area contributed by atoms with E-state index in [0.717, 1.165) is 11.8 Å². The summed E-state index contributed by atoms with van der Waals surface area (Å²) in [6.45, 7) is 5.35. The highest BCUT2D eigenvalue weighted by molar-refractivity contribution is 5.82. The summed E-state index contributed by atoms with van der Waals surface area (Å²) >= 11 is 0. The lowest BCUT2D eigenvalue weighted by Crippen LogP contribution is -2.14. The van der Waals surface area contributed by atoms with Gasteiger partial charge in [-0.15, -0.1) is 0 Å². The molecule has 3 nitrogen and oxygen atoms in total. The van der Waals surface area contributed by atoms with Gasteiger partial charge < -0.3 is 4.57 Å². The molecule has 0 aliphatic carbocycles. The van der Waals surface area contributed by atoms with E-state index in [1.807, 2.05) is 0 Å². The molecule has 23 heavy (non-hydrogen) atoms. The van der Waals surface area contributed by atoms with Gasteiger partial charge in [0.15, 0.2) is 0 Å². The van der Waals surface area contributed by atoms with Gasteiger partial charge in [0.25, 0.3) is 0 Å². The Morgan fingerprint density at radius 1 is 1.30 bits per heavy atom. The van der Waals surface area contributed by atoms with Gasteiger partial charge in [0.05, 0.1) is 17.6 Å². The third-order valence-electron chi connectivity index (χ3n) is 3.62. The lowest BCUT2D eigenvalue weighted by molar-refractivity contribution is -0.138. The lowest BCUT2D eigenvalue weighted by Gasteiger charge is -2.15. The SMILES string of the molecule is Cc1cn(Cc2ccc(CC(=O)C(C)C)cc2C(F)(F)F)cn1. The van der Waals surface area contributed by atoms with Gasteiger partial charge in [0.2, 0.25) is 0 Å². The van der Waals surface area contributed by atoms with Gasteiger partial charge in [-0.2, -0.15) is 13.2 Å². The van der Waals surface area contributed by atoms with Crippen molar-refractivity contribution in [2.75, 3.05) is 0 Å². The fourth-order valence-corrected chi connectivity index (χ4v) is 2.30. The molecular formula is C17H19F3N2O. The molecule has 0 aliphatic rings. The van der Waals surface area contributed by atoms with Gasteiger partial charge >= 0.3 is 6.18 Å². The first kappa shape index (κ1) is 17.2. The second-order valence-electron chi connectivity index (χ2n) is 5.97. The minimum Gasteiger partial charge on any atom is -0.333 e. The number of hydrogen-bond acceptors (Lipinski definition) is 2. The van der Waals surface area contributed by atoms with E-state index in [9.17, 15) is 18.0 Å². The molecule has 1 aromatic carbocycles. The van der Waals surface area contributed by atoms with Crippen LogP contribution in [0.15, 0.2) is 30.7 Å². The van der Waals surface area contributed by atoms with Crippen LogP contribution in [0.2, 0.25) is 0 Å². The summed E-state index contributed by atoms with van der Waals surface area (Å²) in [5, 5.41) is 0. The molecule has 0 N–H and O–H groups in total. The van der Waals surface area contributed by atoms with E-state index in [2.05, 4.69) is 4.98 Å². The number of Topliss-reactive ketones (excluding diaryl/α,β-unsaturated/α-hetero) is 1. The number of aryl methyl sites for hydroxylation is 1. The van der Waals surface area contributed by atoms with E-state index in [0.29, 0.717) is 5.56 Å². The summed E-state index contributed by atoms with van der Waals surface area (Å²) in [5.74, 6) is -0.269. The van der Waals surface area contributed by atoms with Crippen LogP contribution in [0, 0.1) is 12.8 Å². The van der Waals surface area contributed by atoms with E-state index in [-0.39, 0.29) is 30.2 Å². The molecule has 0 saturated heterocycles. The molecular weight excluding hydrogens is 305 g/mol. The van der Waals surface area contributed by atoms with Gasteiger partial charge in [0, 0.05) is 25.1 Å². The summed E-state index contributed by atoms with van der Waals surface area (Å²) in [6.07, 6.45) is -1.24. The molecule has 0 saturated carbocycles. The highest BCUT2D eigenvalue weighted by atomic mass is 19.4. The van der Waals surface area contributed by atoms with Crippen LogP contribution < -0.4 is 0 Å². The number of aromatic nitrogens is 2. The monoisotopic (exact) mass is 324 g/mol. The zero-order valence-electron chi connectivity index (χ0n) is 13.3. The van der Waals surface area contributed by atoms with Gasteiger partial charge in [-0.05, 0) is 24.1 Å². The van der Waals surface area contributed by atoms with E-state index >= 15 is 0 Å². The van der Waals surface area contributed by atoms with Gasteiger partial charge in [-0.3, -0.25) is 4.79 Å². The molecule has 0 amide bonds. The molecule has 0 radical (unpaired) electrons. The maximum atomic E-state index is 13.3. The molecule has 0 bridgehead atoms. The summed E-state index contributed by atoms with van der Waals surface area (Å²) in [4.78, 5) is 15.8. The first-order valence-electron chi connectivity index (χ1n) is 7.37. The fraction of sp³-hybridized carbons (Fsp3) is 0.412. The number of halogens is 3. The van der Waals surface area contributed by atoms with Gasteiger partial charge in [-0.1, -0.05) is 26.0 Å². The van der Waals surface area contributed by atoms with E-state index in [1.165, 1.54) is 12.4 Å². The zero-order chi connectivity index (χ0) is 17.2. The number of rotatable bonds is 5. The summed E-state index contributed by atoms with van der Waals surface area (Å²) in [5.41, 5.74) is 0.604. The molecule has 0 unspecified atom stereocenters. The van der Waals surface area contributed by atoms with Gasteiger partial charge in [0.1, 0.15) is 5.78 Å². The van der Waals surface area contributed by atoms with Crippen molar-refractivity contribution in [2.24, 2.45) is 5.92 Å². The third kappa shape index (κ3) is 4.43. The second kappa shape index (κ2) is 6.56. The fourth-order valence-electron chi connectivity index (χ4n) is 2.30. The Hall–Kier alpha value is -2.11. The molecule has 1 aromatic heterocycles. The number of nitrogens with zero attached hydrogens (tertiary/aromatic N) is 2. The topological polar surface area (TPSA) is 34.9 Å². The highest BCUT2D eigenvalue weighted by Crippen LogP contribution is 2.33. The molecule has 124 valence electrons. The van der Waals surface area contributed by atoms with Crippen LogP contribution >= 0.6 is 0 Å². The number of ketones is 1. The largest absolute Gasteiger partial charge is 0.416 e. The standard InChI is InChI=1S/C17H19F3N2O/c1-11(2)16(23)7-13-4-5-14(15(6-13)17(18,19)20)9-22-8-12(3)21-10-22/h4-6,8,10-11H,7,9H2,1-3H3. The lowest BCUT2D eigenvalue weighted by atomic mass is 9.97. The molecule has 1 heterocycles. The first-order valence-corrected chi connectivity index (χ1v) is 7.37. The maximum Gasteiger partial charge on any atom is 0.416 e. The Labute approximate surface area is 133 Å². The van der Waals surface area contributed by atoms with Crippen molar-refractivity contribution in [3.63, 3.8) is 0 Å². The van der Waals surface area contributed by atoms with E-state index < -0.39 is 11.7 Å². The zero-order valence-corrected chi connectivity index (χ0v) is 13.3. The van der Waals surface area contributed by atoms with Crippen molar-refractivity contribution in [1.29, 1.82) is 0 Å². The van der Waals surface area contributed by atoms with Crippen LogP contribution in [-0.4, -0.2) is 15.3 Å². The van der Waals surface area contributed by atoms with Crippen molar-refractivity contribution in [2.45, 2.75) is 39.9 Å². The minimum atomic E-state index is -4.46. The quantitative estimate of drug-likeness (QED) is 0.832. The second-order valence-corrected chi connectivity index (χ2v) is 5.97. The van der Waals surface area contributed by atoms with Crippen LogP contribution in [0.25, 0.3) is 0 Å². The predicted octanol–water partition coefficient (Wildman–Crippen LogP) is 4.03. The number of carbonyl (C=O) groups excluding carboxylic acids is 1. The van der Waals surface area contributed by atoms with E-state index in [4.69, 9.17) is 0 Å². The Morgan fingerprint density at radius 3 is 2.52 bits per heavy atom. The van der Waals surface area contributed by atoms with Crippen molar-refractivity contribution < 1.29 is 18.0 Å². The minimum absolute atomic E-state index is 0.0191. The predicted molar refractivity (Wildman–Crippen MR) is 81.1 cm³/mol. The van der Waals surface area contributed by atoms with Crippen LogP contribution in [0.3, 0.4) is 0 Å². The summed E-state index contributed by atoms with van der Waals surface area (Å²) in [7, 11) is 0. The molecule has 6 heteroatoms. The number of imidazole rings is 1. The maximum absolute atomic E-state index is 13.3. The van der Waals surface area contributed by atoms with Crippen molar-refractivity contribution in [3.8, 4) is 0 Å². The number of hydrogen-bond donors (Lipinski definition) is 0. The van der Waals surface area contributed by atoms with Crippen LogP contribution in [0.1, 0.15) is 36.2 Å². The number of alkyl halides is 3. The number of benzene rings is 1. The molecule has 2 rings (SSSR count). The Bertz CT molecular complexity index is 702. The summed E-state index contributed by atoms with van der Waals surface area (Å²) in [6, 6.07) is 4.12. The smallest absolute Gasteiger partial charge is 0.333 e. The van der Waals surface area contributed by atoms with Crippen LogP contribution in [0.4, 0.5) is 13.2 Å². The van der Waals surface area contributed by atoms with E-state index in [1.54, 1.807) is 37.6 Å². The Morgan fingerprint density at radius 2 is 2.00 bits per heavy atom. The highest BCUT2D eigenvalue weighted by Gasteiger charge is 2.33. The van der Waals surface area contributed by atoms with Gasteiger partial charge in [-0.25, -0.2) is 4.98 Å². The molecule has 0 fully saturated rings. The Balaban J connectivity index is 2.33. The van der Waals surface area contributed by atoms with Crippen molar-refractivity contribution in [3.05, 3.63) is 53.1 Å². The third-order valence-corrected chi connectivity index (χ3v) is 3.62. The average Bonchev–Trinajstić information content (AvgIpc) is 2.84. The van der Waals surface area contributed by atoms with Crippen LogP contribution in [0.5, 0.6) is 0 Å². The molecule has 0 aliphatic heterocycles.